The van der Waals surface area contributed by atoms with Crippen LogP contribution in [0.25, 0.3) is 6.08 Å². The third-order valence-electron chi connectivity index (χ3n) is 3.00. The molecule has 0 fully saturated rings. The average molecular weight is 445 g/mol. The lowest BCUT2D eigenvalue weighted by atomic mass is 10.2. The number of hydrogen-bond acceptors (Lipinski definition) is 3. The zero-order chi connectivity index (χ0) is 16.8. The zero-order valence-corrected chi connectivity index (χ0v) is 15.2. The van der Waals surface area contributed by atoms with Crippen molar-refractivity contribution in [2.24, 2.45) is 0 Å². The van der Waals surface area contributed by atoms with Gasteiger partial charge in [0.15, 0.2) is 11.5 Å². The molecule has 0 bridgehead atoms. The molecule has 23 heavy (non-hydrogen) atoms. The molecule has 0 amide bonds. The first-order valence-corrected chi connectivity index (χ1v) is 8.11. The van der Waals surface area contributed by atoms with Crippen molar-refractivity contribution in [3.63, 3.8) is 0 Å². The molecule has 0 saturated carbocycles. The Morgan fingerprint density at radius 3 is 2.74 bits per heavy atom. The molecule has 0 radical (unpaired) electrons. The van der Waals surface area contributed by atoms with Crippen molar-refractivity contribution in [1.82, 2.24) is 0 Å². The first-order valence-electron chi connectivity index (χ1n) is 6.66. The Kier molecular flexibility index (Phi) is 6.29. The van der Waals surface area contributed by atoms with Crippen LogP contribution in [0.5, 0.6) is 11.5 Å². The highest BCUT2D eigenvalue weighted by molar-refractivity contribution is 14.1. The number of hydrogen-bond donors (Lipinski definition) is 1. The number of ether oxygens (including phenoxy) is 2. The zero-order valence-electron chi connectivity index (χ0n) is 12.3. The molecule has 1 N–H and O–H groups in total. The van der Waals surface area contributed by atoms with Gasteiger partial charge >= 0.3 is 5.97 Å². The molecule has 0 heterocycles. The number of halogens is 2. The Morgan fingerprint density at radius 2 is 2.09 bits per heavy atom. The van der Waals surface area contributed by atoms with E-state index < -0.39 is 5.97 Å². The minimum atomic E-state index is -1.00. The molecule has 0 spiro atoms. The first kappa shape index (κ1) is 17.6. The molecule has 0 atom stereocenters. The summed E-state index contributed by atoms with van der Waals surface area (Å²) in [5, 5.41) is 9.35. The van der Waals surface area contributed by atoms with E-state index in [-0.39, 0.29) is 0 Å². The van der Waals surface area contributed by atoms with Gasteiger partial charge in [-0.05, 0) is 52.4 Å². The molecule has 0 aliphatic rings. The first-order chi connectivity index (χ1) is 11.0. The highest BCUT2D eigenvalue weighted by atomic mass is 127. The van der Waals surface area contributed by atoms with Crippen LogP contribution < -0.4 is 9.47 Å². The van der Waals surface area contributed by atoms with E-state index in [4.69, 9.17) is 26.2 Å². The predicted octanol–water partition coefficient (Wildman–Crippen LogP) is 4.63. The molecule has 0 aromatic heterocycles. The van der Waals surface area contributed by atoms with Gasteiger partial charge in [0.25, 0.3) is 0 Å². The van der Waals surface area contributed by atoms with Crippen LogP contribution in [0.4, 0.5) is 0 Å². The van der Waals surface area contributed by atoms with Crippen LogP contribution in [0.2, 0.25) is 5.02 Å². The molecule has 2 rings (SSSR count). The minimum Gasteiger partial charge on any atom is -0.493 e. The lowest BCUT2D eigenvalue weighted by Crippen LogP contribution is -2.00. The molecule has 0 saturated heterocycles. The highest BCUT2D eigenvalue weighted by Crippen LogP contribution is 2.35. The maximum Gasteiger partial charge on any atom is 0.328 e. The van der Waals surface area contributed by atoms with Crippen molar-refractivity contribution >= 4 is 46.2 Å². The van der Waals surface area contributed by atoms with Gasteiger partial charge in [-0.3, -0.25) is 0 Å². The Labute approximate surface area is 152 Å². The fourth-order valence-corrected chi connectivity index (χ4v) is 2.88. The lowest BCUT2D eigenvalue weighted by Gasteiger charge is -2.14. The molecule has 120 valence electrons. The second-order valence-corrected chi connectivity index (χ2v) is 6.16. The van der Waals surface area contributed by atoms with Crippen LogP contribution >= 0.6 is 34.2 Å². The van der Waals surface area contributed by atoms with Crippen molar-refractivity contribution in [1.29, 1.82) is 0 Å². The normalized spacial score (nSPS) is 10.7. The Morgan fingerprint density at radius 1 is 1.35 bits per heavy atom. The van der Waals surface area contributed by atoms with Crippen LogP contribution in [-0.2, 0) is 11.4 Å². The fraction of sp³-hybridized carbons (Fsp3) is 0.118. The molecule has 6 heteroatoms. The van der Waals surface area contributed by atoms with Gasteiger partial charge in [0.2, 0.25) is 0 Å². The van der Waals surface area contributed by atoms with E-state index in [9.17, 15) is 4.79 Å². The monoisotopic (exact) mass is 444 g/mol. The number of carboxylic acids is 1. The summed E-state index contributed by atoms with van der Waals surface area (Å²) in [5.74, 6) is 0.132. The topological polar surface area (TPSA) is 55.8 Å². The molecule has 2 aromatic carbocycles. The molecule has 0 aliphatic carbocycles. The van der Waals surface area contributed by atoms with Gasteiger partial charge in [0.05, 0.1) is 10.7 Å². The summed E-state index contributed by atoms with van der Waals surface area (Å²) in [5.41, 5.74) is 1.60. The Hall–Kier alpha value is -1.73. The fourth-order valence-electron chi connectivity index (χ4n) is 1.91. The van der Waals surface area contributed by atoms with E-state index in [1.54, 1.807) is 13.2 Å². The number of carboxylic acid groups (broad SMARTS) is 1. The van der Waals surface area contributed by atoms with Gasteiger partial charge in [0, 0.05) is 16.7 Å². The lowest BCUT2D eigenvalue weighted by molar-refractivity contribution is -0.131. The Bertz CT molecular complexity index is 743. The minimum absolute atomic E-state index is 0.316. The van der Waals surface area contributed by atoms with Crippen LogP contribution in [0.3, 0.4) is 0 Å². The molecule has 0 unspecified atom stereocenters. The smallest absolute Gasteiger partial charge is 0.328 e. The van der Waals surface area contributed by atoms with E-state index in [0.29, 0.717) is 23.1 Å². The van der Waals surface area contributed by atoms with Crippen LogP contribution in [0.15, 0.2) is 42.5 Å². The van der Waals surface area contributed by atoms with Gasteiger partial charge in [-0.2, -0.15) is 0 Å². The second kappa shape index (κ2) is 8.21. The summed E-state index contributed by atoms with van der Waals surface area (Å²) in [4.78, 5) is 10.6. The number of aliphatic carboxylic acids is 1. The van der Waals surface area contributed by atoms with Gasteiger partial charge in [-0.1, -0.05) is 29.8 Å². The van der Waals surface area contributed by atoms with Crippen molar-refractivity contribution in [2.45, 2.75) is 6.61 Å². The predicted molar refractivity (Wildman–Crippen MR) is 98.2 cm³/mol. The third-order valence-corrected chi connectivity index (χ3v) is 4.17. The van der Waals surface area contributed by atoms with Crippen LogP contribution in [0, 0.1) is 3.57 Å². The SMILES string of the molecule is COc1cc(/C=C/C(=O)O)cc(I)c1OCc1ccccc1Cl. The van der Waals surface area contributed by atoms with Gasteiger partial charge in [0.1, 0.15) is 6.61 Å². The maximum atomic E-state index is 10.6. The number of benzene rings is 2. The molecule has 2 aromatic rings. The second-order valence-electron chi connectivity index (χ2n) is 4.59. The van der Waals surface area contributed by atoms with Crippen molar-refractivity contribution < 1.29 is 19.4 Å². The summed E-state index contributed by atoms with van der Waals surface area (Å²) >= 11 is 8.25. The summed E-state index contributed by atoms with van der Waals surface area (Å²) in [6.07, 6.45) is 2.58. The van der Waals surface area contributed by atoms with Gasteiger partial charge in [-0.25, -0.2) is 4.79 Å². The van der Waals surface area contributed by atoms with Crippen molar-refractivity contribution in [2.75, 3.05) is 7.11 Å². The largest absolute Gasteiger partial charge is 0.493 e. The Balaban J connectivity index is 2.24. The third kappa shape index (κ3) is 4.87. The average Bonchev–Trinajstić information content (AvgIpc) is 2.52. The summed E-state index contributed by atoms with van der Waals surface area (Å²) < 4.78 is 12.0. The summed E-state index contributed by atoms with van der Waals surface area (Å²) in [6, 6.07) is 11.0. The molecular formula is C17H14ClIO4. The molecular weight excluding hydrogens is 431 g/mol. The van der Waals surface area contributed by atoms with Crippen LogP contribution in [0.1, 0.15) is 11.1 Å². The van der Waals surface area contributed by atoms with Crippen molar-refractivity contribution in [3.05, 3.63) is 62.2 Å². The van der Waals surface area contributed by atoms with E-state index >= 15 is 0 Å². The quantitative estimate of drug-likeness (QED) is 0.521. The number of methoxy groups -OCH3 is 1. The number of rotatable bonds is 6. The highest BCUT2D eigenvalue weighted by Gasteiger charge is 2.12. The summed E-state index contributed by atoms with van der Waals surface area (Å²) in [6.45, 7) is 0.316. The molecule has 0 aliphatic heterocycles. The number of carbonyl (C=O) groups is 1. The van der Waals surface area contributed by atoms with Gasteiger partial charge in [-0.15, -0.1) is 0 Å². The van der Waals surface area contributed by atoms with E-state index in [1.165, 1.54) is 6.08 Å². The standard InChI is InChI=1S/C17H14ClIO4/c1-22-15-9-11(6-7-16(20)21)8-14(19)17(15)23-10-12-4-2-3-5-13(12)18/h2-9H,10H2,1H3,(H,20,21)/b7-6+. The summed E-state index contributed by atoms with van der Waals surface area (Å²) in [7, 11) is 1.54. The van der Waals surface area contributed by atoms with Crippen molar-refractivity contribution in [3.8, 4) is 11.5 Å². The van der Waals surface area contributed by atoms with Gasteiger partial charge < -0.3 is 14.6 Å². The van der Waals surface area contributed by atoms with E-state index in [0.717, 1.165) is 20.8 Å². The van der Waals surface area contributed by atoms with E-state index in [2.05, 4.69) is 22.6 Å². The maximum absolute atomic E-state index is 10.6. The molecule has 4 nitrogen and oxygen atoms in total. The van der Waals surface area contributed by atoms with E-state index in [1.807, 2.05) is 30.3 Å². The van der Waals surface area contributed by atoms with Crippen LogP contribution in [-0.4, -0.2) is 18.2 Å².